The third-order valence-electron chi connectivity index (χ3n) is 3.93. The summed E-state index contributed by atoms with van der Waals surface area (Å²) in [6.07, 6.45) is 3.38. The summed E-state index contributed by atoms with van der Waals surface area (Å²) in [5.41, 5.74) is 1.75. The van der Waals surface area contributed by atoms with Crippen molar-refractivity contribution in [3.63, 3.8) is 0 Å². The predicted octanol–water partition coefficient (Wildman–Crippen LogP) is 3.52. The molecular weight excluding hydrogens is 256 g/mol. The number of benzene rings is 1. The lowest BCUT2D eigenvalue weighted by molar-refractivity contribution is 0.0697. The van der Waals surface area contributed by atoms with Crippen molar-refractivity contribution in [3.8, 4) is 0 Å². The molecule has 0 aliphatic heterocycles. The lowest BCUT2D eigenvalue weighted by atomic mass is 9.92. The van der Waals surface area contributed by atoms with E-state index in [1.54, 1.807) is 6.07 Å². The topological polar surface area (TPSA) is 75.4 Å². The van der Waals surface area contributed by atoms with Crippen molar-refractivity contribution in [2.45, 2.75) is 39.2 Å². The molecule has 0 amide bonds. The lowest BCUT2D eigenvalue weighted by Crippen LogP contribution is -2.17. The number of fused-ring (bicyclic) bond motifs is 1. The van der Waals surface area contributed by atoms with Gasteiger partial charge < -0.3 is 14.8 Å². The Morgan fingerprint density at radius 2 is 2.30 bits per heavy atom. The molecule has 0 spiro atoms. The van der Waals surface area contributed by atoms with Crippen LogP contribution in [-0.2, 0) is 0 Å². The molecule has 5 heteroatoms. The Balaban J connectivity index is 1.81. The van der Waals surface area contributed by atoms with E-state index in [-0.39, 0.29) is 5.56 Å². The van der Waals surface area contributed by atoms with Crippen LogP contribution in [0.3, 0.4) is 0 Å². The monoisotopic (exact) mass is 274 g/mol. The molecule has 5 nitrogen and oxygen atoms in total. The third-order valence-corrected chi connectivity index (χ3v) is 3.93. The first-order valence-corrected chi connectivity index (χ1v) is 6.83. The average Bonchev–Trinajstić information content (AvgIpc) is 2.91. The van der Waals surface area contributed by atoms with Crippen LogP contribution in [0.25, 0.3) is 11.1 Å². The number of aromatic carboxylic acids is 1. The van der Waals surface area contributed by atoms with Crippen molar-refractivity contribution in [3.05, 3.63) is 23.8 Å². The molecule has 1 unspecified atom stereocenters. The van der Waals surface area contributed by atoms with Crippen molar-refractivity contribution in [1.82, 2.24) is 4.98 Å². The number of nitrogens with one attached hydrogen (secondary N) is 1. The molecule has 1 aromatic carbocycles. The molecule has 0 bridgehead atoms. The average molecular weight is 274 g/mol. The van der Waals surface area contributed by atoms with E-state index in [1.165, 1.54) is 18.6 Å². The lowest BCUT2D eigenvalue weighted by Gasteiger charge is -2.16. The zero-order chi connectivity index (χ0) is 14.3. The first kappa shape index (κ1) is 13.0. The van der Waals surface area contributed by atoms with Gasteiger partial charge in [0.2, 0.25) is 0 Å². The molecule has 1 aliphatic rings. The van der Waals surface area contributed by atoms with E-state index in [4.69, 9.17) is 9.52 Å². The van der Waals surface area contributed by atoms with Gasteiger partial charge in [0, 0.05) is 6.04 Å². The van der Waals surface area contributed by atoms with Crippen molar-refractivity contribution in [1.29, 1.82) is 0 Å². The maximum absolute atomic E-state index is 10.9. The van der Waals surface area contributed by atoms with Crippen LogP contribution in [0.2, 0.25) is 0 Å². The van der Waals surface area contributed by atoms with Crippen LogP contribution in [-0.4, -0.2) is 22.1 Å². The maximum Gasteiger partial charge on any atom is 0.335 e. The van der Waals surface area contributed by atoms with Gasteiger partial charge in [-0.05, 0) is 42.9 Å². The number of carboxylic acids is 1. The molecule has 1 aliphatic carbocycles. The van der Waals surface area contributed by atoms with Crippen LogP contribution in [0.4, 0.5) is 6.01 Å². The minimum Gasteiger partial charge on any atom is -0.478 e. The van der Waals surface area contributed by atoms with Gasteiger partial charge in [-0.2, -0.15) is 4.98 Å². The van der Waals surface area contributed by atoms with Gasteiger partial charge in [-0.1, -0.05) is 13.8 Å². The molecule has 1 fully saturated rings. The quantitative estimate of drug-likeness (QED) is 0.895. The second kappa shape index (κ2) is 4.51. The van der Waals surface area contributed by atoms with E-state index in [1.807, 2.05) is 0 Å². The zero-order valence-electron chi connectivity index (χ0n) is 11.6. The van der Waals surface area contributed by atoms with Gasteiger partial charge in [-0.3, -0.25) is 0 Å². The largest absolute Gasteiger partial charge is 0.478 e. The number of rotatable bonds is 3. The molecule has 2 aromatic rings. The second-order valence-corrected chi connectivity index (χ2v) is 6.25. The number of nitrogens with zero attached hydrogens (tertiary/aromatic N) is 1. The van der Waals surface area contributed by atoms with Crippen LogP contribution in [0.5, 0.6) is 0 Å². The Morgan fingerprint density at radius 3 is 2.95 bits per heavy atom. The smallest absolute Gasteiger partial charge is 0.335 e. The summed E-state index contributed by atoms with van der Waals surface area (Å²) in [6.45, 7) is 4.53. The highest BCUT2D eigenvalue weighted by Crippen LogP contribution is 2.38. The summed E-state index contributed by atoms with van der Waals surface area (Å²) in [7, 11) is 0. The van der Waals surface area contributed by atoms with E-state index in [2.05, 4.69) is 24.1 Å². The molecule has 1 saturated carbocycles. The SMILES string of the molecule is CC1(C)CCC(Nc2nc3ccc(C(=O)O)cc3o2)C1. The molecule has 0 saturated heterocycles. The van der Waals surface area contributed by atoms with Gasteiger partial charge in [0.1, 0.15) is 5.52 Å². The molecular formula is C15H18N2O3. The van der Waals surface area contributed by atoms with Crippen molar-refractivity contribution in [2.75, 3.05) is 5.32 Å². The number of aromatic nitrogens is 1. The van der Waals surface area contributed by atoms with Gasteiger partial charge in [-0.25, -0.2) is 4.79 Å². The Hall–Kier alpha value is -2.04. The summed E-state index contributed by atoms with van der Waals surface area (Å²) in [4.78, 5) is 15.3. The van der Waals surface area contributed by atoms with Crippen LogP contribution >= 0.6 is 0 Å². The van der Waals surface area contributed by atoms with Crippen LogP contribution in [0, 0.1) is 5.41 Å². The molecule has 1 aromatic heterocycles. The van der Waals surface area contributed by atoms with E-state index in [0.717, 1.165) is 12.8 Å². The maximum atomic E-state index is 10.9. The zero-order valence-corrected chi connectivity index (χ0v) is 11.6. The molecule has 0 radical (unpaired) electrons. The van der Waals surface area contributed by atoms with E-state index in [0.29, 0.717) is 28.6 Å². The van der Waals surface area contributed by atoms with Gasteiger partial charge in [0.25, 0.3) is 6.01 Å². The highest BCUT2D eigenvalue weighted by molar-refractivity contribution is 5.92. The summed E-state index contributed by atoms with van der Waals surface area (Å²) in [5, 5.41) is 12.3. The van der Waals surface area contributed by atoms with Crippen LogP contribution < -0.4 is 5.32 Å². The van der Waals surface area contributed by atoms with E-state index < -0.39 is 5.97 Å². The minimum atomic E-state index is -0.963. The first-order chi connectivity index (χ1) is 9.43. The number of oxazole rings is 1. The minimum absolute atomic E-state index is 0.210. The molecule has 1 heterocycles. The van der Waals surface area contributed by atoms with Gasteiger partial charge in [0.05, 0.1) is 5.56 Å². The summed E-state index contributed by atoms with van der Waals surface area (Å²) >= 11 is 0. The summed E-state index contributed by atoms with van der Waals surface area (Å²) in [6, 6.07) is 5.57. The standard InChI is InChI=1S/C15H18N2O3/c1-15(2)6-5-10(8-15)16-14-17-11-4-3-9(13(18)19)7-12(11)20-14/h3-4,7,10H,5-6,8H2,1-2H3,(H,16,17)(H,18,19). The van der Waals surface area contributed by atoms with Gasteiger partial charge >= 0.3 is 5.97 Å². The van der Waals surface area contributed by atoms with Crippen molar-refractivity contribution in [2.24, 2.45) is 5.41 Å². The molecule has 106 valence electrons. The Bertz CT molecular complexity index is 660. The van der Waals surface area contributed by atoms with Crippen molar-refractivity contribution < 1.29 is 14.3 Å². The normalized spacial score (nSPS) is 21.2. The first-order valence-electron chi connectivity index (χ1n) is 6.83. The van der Waals surface area contributed by atoms with Gasteiger partial charge in [0.15, 0.2) is 5.58 Å². The Morgan fingerprint density at radius 1 is 1.50 bits per heavy atom. The number of anilines is 1. The highest BCUT2D eigenvalue weighted by Gasteiger charge is 2.31. The molecule has 1 atom stereocenters. The molecule has 20 heavy (non-hydrogen) atoms. The number of hydrogen-bond acceptors (Lipinski definition) is 4. The van der Waals surface area contributed by atoms with Crippen LogP contribution in [0.15, 0.2) is 22.6 Å². The molecule has 3 rings (SSSR count). The fourth-order valence-electron chi connectivity index (χ4n) is 2.85. The number of carbonyl (C=O) groups is 1. The fourth-order valence-corrected chi connectivity index (χ4v) is 2.85. The van der Waals surface area contributed by atoms with Crippen molar-refractivity contribution >= 4 is 23.1 Å². The summed E-state index contributed by atoms with van der Waals surface area (Å²) < 4.78 is 5.60. The van der Waals surface area contributed by atoms with E-state index in [9.17, 15) is 4.79 Å². The molecule has 2 N–H and O–H groups in total. The Labute approximate surface area is 117 Å². The fraction of sp³-hybridized carbons (Fsp3) is 0.467. The third kappa shape index (κ3) is 2.48. The Kier molecular flexibility index (Phi) is 2.92. The summed E-state index contributed by atoms with van der Waals surface area (Å²) in [5.74, 6) is -0.963. The van der Waals surface area contributed by atoms with Gasteiger partial charge in [-0.15, -0.1) is 0 Å². The number of hydrogen-bond donors (Lipinski definition) is 2. The second-order valence-electron chi connectivity index (χ2n) is 6.25. The van der Waals surface area contributed by atoms with E-state index >= 15 is 0 Å². The van der Waals surface area contributed by atoms with Crippen LogP contribution in [0.1, 0.15) is 43.5 Å². The number of carboxylic acid groups (broad SMARTS) is 1. The highest BCUT2D eigenvalue weighted by atomic mass is 16.4. The predicted molar refractivity (Wildman–Crippen MR) is 76.0 cm³/mol.